The fraction of sp³-hybridized carbons (Fsp3) is 0.423. The van der Waals surface area contributed by atoms with Gasteiger partial charge >= 0.3 is 0 Å². The van der Waals surface area contributed by atoms with E-state index < -0.39 is 5.41 Å². The molecule has 12 nitrogen and oxygen atoms in total. The van der Waals surface area contributed by atoms with Crippen LogP contribution in [0.15, 0.2) is 35.1 Å². The first-order chi connectivity index (χ1) is 19.3. The number of hydrogen-bond donors (Lipinski definition) is 3. The van der Waals surface area contributed by atoms with Crippen molar-refractivity contribution < 1.29 is 9.59 Å². The highest BCUT2D eigenvalue weighted by molar-refractivity contribution is 9.10. The number of nitrogens with zero attached hydrogens (tertiary/aromatic N) is 7. The number of carbonyl (C=O) groups excluding carboxylic acids is 2. The van der Waals surface area contributed by atoms with Crippen LogP contribution < -0.4 is 16.0 Å². The maximum absolute atomic E-state index is 12.8. The van der Waals surface area contributed by atoms with Crippen molar-refractivity contribution in [3.63, 3.8) is 0 Å². The fourth-order valence-electron chi connectivity index (χ4n) is 5.35. The predicted molar refractivity (Wildman–Crippen MR) is 155 cm³/mol. The zero-order chi connectivity index (χ0) is 27.9. The fourth-order valence-corrected chi connectivity index (χ4v) is 6.60. The van der Waals surface area contributed by atoms with Gasteiger partial charge in [-0.1, -0.05) is 18.3 Å². The van der Waals surface area contributed by atoms with Gasteiger partial charge in [-0.15, -0.1) is 10.2 Å². The third-order valence-corrected chi connectivity index (χ3v) is 9.15. The number of halogens is 1. The molecule has 3 aromatic heterocycles. The van der Waals surface area contributed by atoms with Gasteiger partial charge in [0.1, 0.15) is 9.61 Å². The monoisotopic (exact) mass is 624 g/mol. The van der Waals surface area contributed by atoms with Crippen molar-refractivity contribution in [3.05, 3.63) is 40.1 Å². The second-order valence-corrected chi connectivity index (χ2v) is 12.1. The lowest BCUT2D eigenvalue weighted by atomic mass is 9.87. The molecule has 6 rings (SSSR count). The second kappa shape index (κ2) is 10.8. The highest BCUT2D eigenvalue weighted by Crippen LogP contribution is 2.39. The van der Waals surface area contributed by atoms with Crippen LogP contribution in [0.2, 0.25) is 0 Å². The van der Waals surface area contributed by atoms with Crippen molar-refractivity contribution in [2.75, 3.05) is 38.5 Å². The third-order valence-electron chi connectivity index (χ3n) is 7.60. The van der Waals surface area contributed by atoms with Crippen LogP contribution in [-0.4, -0.2) is 85.9 Å². The Morgan fingerprint density at radius 2 is 1.95 bits per heavy atom. The van der Waals surface area contributed by atoms with Crippen LogP contribution >= 0.6 is 27.3 Å². The van der Waals surface area contributed by atoms with Gasteiger partial charge in [0.05, 0.1) is 11.1 Å². The average Bonchev–Trinajstić information content (AvgIpc) is 3.71. The zero-order valence-electron chi connectivity index (χ0n) is 22.1. The topological polar surface area (TPSA) is 143 Å². The predicted octanol–water partition coefficient (Wildman–Crippen LogP) is 2.86. The number of nitrogens with one attached hydrogen (secondary N) is 3. The molecule has 0 radical (unpaired) electrons. The number of benzene rings is 1. The molecule has 4 heterocycles. The smallest absolute Gasteiger partial charge is 0.284 e. The summed E-state index contributed by atoms with van der Waals surface area (Å²) in [5.74, 6) is 0.490. The van der Waals surface area contributed by atoms with E-state index in [0.29, 0.717) is 45.7 Å². The molecule has 2 fully saturated rings. The van der Waals surface area contributed by atoms with E-state index in [1.165, 1.54) is 11.3 Å². The summed E-state index contributed by atoms with van der Waals surface area (Å²) in [7, 11) is 1.68. The normalized spacial score (nSPS) is 21.1. The van der Waals surface area contributed by atoms with Gasteiger partial charge in [0.15, 0.2) is 5.65 Å². The minimum Gasteiger partial charge on any atom is -0.359 e. The highest BCUT2D eigenvalue weighted by atomic mass is 79.9. The second-order valence-electron chi connectivity index (χ2n) is 10.4. The molecule has 2 atom stereocenters. The summed E-state index contributed by atoms with van der Waals surface area (Å²) >= 11 is 4.83. The van der Waals surface area contributed by atoms with E-state index in [1.807, 2.05) is 36.1 Å². The van der Waals surface area contributed by atoms with E-state index in [1.54, 1.807) is 17.9 Å². The van der Waals surface area contributed by atoms with Crippen LogP contribution in [-0.2, 0) is 4.79 Å². The van der Waals surface area contributed by atoms with Crippen molar-refractivity contribution in [2.45, 2.75) is 32.2 Å². The van der Waals surface area contributed by atoms with Gasteiger partial charge in [-0.3, -0.25) is 9.59 Å². The van der Waals surface area contributed by atoms with Gasteiger partial charge < -0.3 is 20.9 Å². The van der Waals surface area contributed by atoms with Gasteiger partial charge in [0.25, 0.3) is 5.91 Å². The molecular formula is C26H29BrN10O2S. The van der Waals surface area contributed by atoms with Crippen LogP contribution in [0.25, 0.3) is 27.3 Å². The largest absolute Gasteiger partial charge is 0.359 e. The number of amides is 2. The molecule has 14 heteroatoms. The van der Waals surface area contributed by atoms with Crippen molar-refractivity contribution in [1.82, 2.24) is 45.5 Å². The molecule has 1 aliphatic carbocycles. The van der Waals surface area contributed by atoms with Gasteiger partial charge in [-0.2, -0.15) is 10.1 Å². The average molecular weight is 626 g/mol. The summed E-state index contributed by atoms with van der Waals surface area (Å²) in [6.45, 7) is 4.92. The molecule has 2 amide bonds. The Balaban J connectivity index is 1.21. The van der Waals surface area contributed by atoms with E-state index in [4.69, 9.17) is 4.98 Å². The summed E-state index contributed by atoms with van der Waals surface area (Å²) < 4.78 is 2.41. The lowest BCUT2D eigenvalue weighted by Crippen LogP contribution is -2.46. The van der Waals surface area contributed by atoms with E-state index in [9.17, 15) is 9.59 Å². The molecule has 0 unspecified atom stereocenters. The van der Waals surface area contributed by atoms with Crippen LogP contribution in [0.1, 0.15) is 36.0 Å². The van der Waals surface area contributed by atoms with E-state index in [-0.39, 0.29) is 17.9 Å². The number of piperazine rings is 1. The number of carbonyl (C=O) groups is 2. The summed E-state index contributed by atoms with van der Waals surface area (Å²) in [4.78, 5) is 36.2. The quantitative estimate of drug-likeness (QED) is 0.295. The number of aromatic nitrogens is 6. The van der Waals surface area contributed by atoms with E-state index >= 15 is 0 Å². The molecule has 4 aromatic rings. The molecule has 3 N–H and O–H groups in total. The molecule has 1 saturated carbocycles. The molecule has 0 bridgehead atoms. The maximum atomic E-state index is 12.8. The molecule has 40 heavy (non-hydrogen) atoms. The van der Waals surface area contributed by atoms with Crippen molar-refractivity contribution in [1.29, 1.82) is 0 Å². The van der Waals surface area contributed by atoms with E-state index in [0.717, 1.165) is 42.6 Å². The molecule has 1 aromatic carbocycles. The lowest BCUT2D eigenvalue weighted by Gasteiger charge is -2.26. The van der Waals surface area contributed by atoms with Crippen LogP contribution in [0, 0.1) is 5.41 Å². The Hall–Kier alpha value is -3.49. The number of rotatable bonds is 6. The Labute approximate surface area is 243 Å². The molecule has 0 spiro atoms. The van der Waals surface area contributed by atoms with Crippen molar-refractivity contribution in [3.8, 4) is 16.3 Å². The van der Waals surface area contributed by atoms with Crippen molar-refractivity contribution >= 4 is 56.1 Å². The number of fused-ring (bicyclic) bond motifs is 1. The van der Waals surface area contributed by atoms with Gasteiger partial charge in [-0.05, 0) is 59.5 Å². The first-order valence-corrected chi connectivity index (χ1v) is 14.8. The Morgan fingerprint density at radius 1 is 1.18 bits per heavy atom. The minimum atomic E-state index is -0.394. The SMILES string of the molecule is CNC(=O)[C@]1(C)CC[C@@H](Nc2ncc3c(Br)nn(-c4ccc(-c5nnc(C(=O)N6CCNCC6)s5)cc4)c3n2)C1. The molecule has 1 saturated heterocycles. The lowest BCUT2D eigenvalue weighted by molar-refractivity contribution is -0.129. The Kier molecular flexibility index (Phi) is 7.23. The van der Waals surface area contributed by atoms with Gasteiger partial charge in [0.2, 0.25) is 16.9 Å². The maximum Gasteiger partial charge on any atom is 0.284 e. The highest BCUT2D eigenvalue weighted by Gasteiger charge is 2.41. The standard InChI is InChI=1S/C26H29BrN10O2S/c1-26(24(39)28-2)8-7-16(13-26)31-25-30-14-18-19(27)35-37(20(18)32-25)17-5-3-15(4-6-17)21-33-34-22(40-21)23(38)36-11-9-29-10-12-36/h3-6,14,16,29H,7-13H2,1-2H3,(H,28,39)(H,30,31,32)/t16-,26-/m1/s1. The molecular weight excluding hydrogens is 596 g/mol. The van der Waals surface area contributed by atoms with E-state index in [2.05, 4.69) is 52.2 Å². The first-order valence-electron chi connectivity index (χ1n) is 13.2. The number of hydrogen-bond acceptors (Lipinski definition) is 10. The van der Waals surface area contributed by atoms with Gasteiger partial charge in [-0.25, -0.2) is 9.67 Å². The van der Waals surface area contributed by atoms with Crippen molar-refractivity contribution in [2.24, 2.45) is 5.41 Å². The Bertz CT molecular complexity index is 1570. The summed E-state index contributed by atoms with van der Waals surface area (Å²) in [6, 6.07) is 7.86. The molecule has 1 aliphatic heterocycles. The van der Waals surface area contributed by atoms with Crippen LogP contribution in [0.4, 0.5) is 5.95 Å². The minimum absolute atomic E-state index is 0.0644. The molecule has 2 aliphatic rings. The Morgan fingerprint density at radius 3 is 2.70 bits per heavy atom. The summed E-state index contributed by atoms with van der Waals surface area (Å²) in [5, 5.41) is 24.4. The van der Waals surface area contributed by atoms with Gasteiger partial charge in [0, 0.05) is 56.4 Å². The molecule has 208 valence electrons. The first kappa shape index (κ1) is 26.7. The zero-order valence-corrected chi connectivity index (χ0v) is 24.5. The summed E-state index contributed by atoms with van der Waals surface area (Å²) in [6.07, 6.45) is 4.14. The van der Waals surface area contributed by atoms with Crippen LogP contribution in [0.5, 0.6) is 0 Å². The third kappa shape index (κ3) is 5.06. The summed E-state index contributed by atoms with van der Waals surface area (Å²) in [5.41, 5.74) is 1.95. The number of anilines is 1. The van der Waals surface area contributed by atoms with Crippen LogP contribution in [0.3, 0.4) is 0 Å².